The summed E-state index contributed by atoms with van der Waals surface area (Å²) in [5.41, 5.74) is 2.58. The topological polar surface area (TPSA) is 32.3 Å². The third kappa shape index (κ3) is 4.83. The fraction of sp³-hybridized carbons (Fsp3) is 0.625. The number of rotatable bonds is 8. The smallest absolute Gasteiger partial charge is 0.0613 e. The van der Waals surface area contributed by atoms with Gasteiger partial charge in [0, 0.05) is 10.4 Å². The van der Waals surface area contributed by atoms with Gasteiger partial charge in [0.2, 0.25) is 0 Å². The SMILES string of the molecule is CCC(CO)(CCCSc1cc(C)ccc1C)NC. The van der Waals surface area contributed by atoms with Crippen LogP contribution in [0.5, 0.6) is 0 Å². The van der Waals surface area contributed by atoms with E-state index in [1.54, 1.807) is 0 Å². The summed E-state index contributed by atoms with van der Waals surface area (Å²) in [6.45, 7) is 6.65. The van der Waals surface area contributed by atoms with Gasteiger partial charge in [-0.05, 0) is 57.5 Å². The fourth-order valence-electron chi connectivity index (χ4n) is 2.20. The van der Waals surface area contributed by atoms with Crippen molar-refractivity contribution in [3.05, 3.63) is 29.3 Å². The summed E-state index contributed by atoms with van der Waals surface area (Å²) < 4.78 is 0. The van der Waals surface area contributed by atoms with E-state index in [9.17, 15) is 5.11 Å². The molecule has 0 aromatic heterocycles. The molecule has 108 valence electrons. The molecule has 0 amide bonds. The zero-order valence-corrected chi connectivity index (χ0v) is 13.4. The van der Waals surface area contributed by atoms with Crippen LogP contribution in [-0.2, 0) is 0 Å². The first-order valence-corrected chi connectivity index (χ1v) is 8.05. The molecule has 0 aliphatic carbocycles. The molecule has 0 saturated carbocycles. The zero-order valence-electron chi connectivity index (χ0n) is 12.6. The number of aryl methyl sites for hydroxylation is 2. The van der Waals surface area contributed by atoms with Crippen molar-refractivity contribution in [2.75, 3.05) is 19.4 Å². The number of aliphatic hydroxyl groups excluding tert-OH is 1. The van der Waals surface area contributed by atoms with Gasteiger partial charge in [-0.25, -0.2) is 0 Å². The number of thioether (sulfide) groups is 1. The van der Waals surface area contributed by atoms with E-state index in [1.165, 1.54) is 16.0 Å². The van der Waals surface area contributed by atoms with E-state index in [2.05, 4.69) is 44.3 Å². The van der Waals surface area contributed by atoms with E-state index in [0.717, 1.165) is 25.0 Å². The molecule has 2 N–H and O–H groups in total. The second-order valence-electron chi connectivity index (χ2n) is 5.26. The number of nitrogens with one attached hydrogen (secondary N) is 1. The molecular weight excluding hydrogens is 254 g/mol. The number of likely N-dealkylation sites (N-methyl/N-ethyl adjacent to an activating group) is 1. The van der Waals surface area contributed by atoms with Gasteiger partial charge in [-0.15, -0.1) is 11.8 Å². The van der Waals surface area contributed by atoms with Crippen LogP contribution in [-0.4, -0.2) is 30.1 Å². The fourth-order valence-corrected chi connectivity index (χ4v) is 3.28. The van der Waals surface area contributed by atoms with Gasteiger partial charge in [-0.1, -0.05) is 24.6 Å². The van der Waals surface area contributed by atoms with Crippen molar-refractivity contribution >= 4 is 11.8 Å². The predicted octanol–water partition coefficient (Wildman–Crippen LogP) is 3.54. The molecule has 2 nitrogen and oxygen atoms in total. The Morgan fingerprint density at radius 1 is 1.32 bits per heavy atom. The molecule has 1 aromatic rings. The quantitative estimate of drug-likeness (QED) is 0.565. The number of hydrogen-bond donors (Lipinski definition) is 2. The van der Waals surface area contributed by atoms with Gasteiger partial charge in [0.05, 0.1) is 6.61 Å². The van der Waals surface area contributed by atoms with Crippen LogP contribution in [0.25, 0.3) is 0 Å². The Morgan fingerprint density at radius 2 is 2.05 bits per heavy atom. The Bertz CT molecular complexity index is 380. The van der Waals surface area contributed by atoms with Crippen LogP contribution in [0.1, 0.15) is 37.3 Å². The van der Waals surface area contributed by atoms with Crippen molar-refractivity contribution < 1.29 is 5.11 Å². The third-order valence-corrected chi connectivity index (χ3v) is 5.15. The molecule has 1 unspecified atom stereocenters. The van der Waals surface area contributed by atoms with Crippen LogP contribution in [0, 0.1) is 13.8 Å². The molecule has 19 heavy (non-hydrogen) atoms. The third-order valence-electron chi connectivity index (χ3n) is 3.91. The van der Waals surface area contributed by atoms with Crippen LogP contribution >= 0.6 is 11.8 Å². The molecule has 1 aromatic carbocycles. The van der Waals surface area contributed by atoms with E-state index < -0.39 is 0 Å². The monoisotopic (exact) mass is 281 g/mol. The van der Waals surface area contributed by atoms with Crippen LogP contribution in [0.15, 0.2) is 23.1 Å². The Kier molecular flexibility index (Phi) is 6.90. The average Bonchev–Trinajstić information content (AvgIpc) is 2.43. The normalized spacial score (nSPS) is 14.4. The Hall–Kier alpha value is -0.510. The molecule has 0 fully saturated rings. The van der Waals surface area contributed by atoms with E-state index in [1.807, 2.05) is 18.8 Å². The molecular formula is C16H27NOS. The number of hydrogen-bond acceptors (Lipinski definition) is 3. The molecule has 0 heterocycles. The molecule has 1 rings (SSSR count). The maximum Gasteiger partial charge on any atom is 0.0613 e. The van der Waals surface area contributed by atoms with E-state index in [-0.39, 0.29) is 12.1 Å². The van der Waals surface area contributed by atoms with Gasteiger partial charge < -0.3 is 10.4 Å². The van der Waals surface area contributed by atoms with Crippen LogP contribution in [0.4, 0.5) is 0 Å². The molecule has 0 saturated heterocycles. The maximum absolute atomic E-state index is 9.50. The lowest BCUT2D eigenvalue weighted by atomic mass is 9.92. The van der Waals surface area contributed by atoms with Crippen molar-refractivity contribution in [2.24, 2.45) is 0 Å². The molecule has 0 aliphatic rings. The second kappa shape index (κ2) is 7.93. The van der Waals surface area contributed by atoms with E-state index in [0.29, 0.717) is 0 Å². The van der Waals surface area contributed by atoms with Gasteiger partial charge in [0.15, 0.2) is 0 Å². The highest BCUT2D eigenvalue weighted by molar-refractivity contribution is 7.99. The molecule has 3 heteroatoms. The summed E-state index contributed by atoms with van der Waals surface area (Å²) in [5.74, 6) is 1.10. The zero-order chi connectivity index (χ0) is 14.3. The number of aliphatic hydroxyl groups is 1. The summed E-state index contributed by atoms with van der Waals surface area (Å²) in [4.78, 5) is 1.38. The summed E-state index contributed by atoms with van der Waals surface area (Å²) in [5, 5.41) is 12.8. The van der Waals surface area contributed by atoms with Crippen molar-refractivity contribution in [3.8, 4) is 0 Å². The lowest BCUT2D eigenvalue weighted by molar-refractivity contribution is 0.154. The molecule has 0 aliphatic heterocycles. The van der Waals surface area contributed by atoms with Gasteiger partial charge >= 0.3 is 0 Å². The Labute approximate surface area is 122 Å². The molecule has 0 radical (unpaired) electrons. The summed E-state index contributed by atoms with van der Waals surface area (Å²) in [6.07, 6.45) is 3.11. The van der Waals surface area contributed by atoms with Crippen molar-refractivity contribution in [1.82, 2.24) is 5.32 Å². The minimum atomic E-state index is -0.0950. The van der Waals surface area contributed by atoms with Gasteiger partial charge in [-0.3, -0.25) is 0 Å². The lowest BCUT2D eigenvalue weighted by Gasteiger charge is -2.30. The predicted molar refractivity (Wildman–Crippen MR) is 85.0 cm³/mol. The van der Waals surface area contributed by atoms with Gasteiger partial charge in [0.1, 0.15) is 0 Å². The second-order valence-corrected chi connectivity index (χ2v) is 6.40. The maximum atomic E-state index is 9.50. The van der Waals surface area contributed by atoms with Crippen molar-refractivity contribution in [1.29, 1.82) is 0 Å². The molecule has 1 atom stereocenters. The van der Waals surface area contributed by atoms with E-state index >= 15 is 0 Å². The standard InChI is InChI=1S/C16H27NOS/c1-5-16(12-18,17-4)9-6-10-19-15-11-13(2)7-8-14(15)3/h7-8,11,17-18H,5-6,9-10,12H2,1-4H3. The largest absolute Gasteiger partial charge is 0.394 e. The van der Waals surface area contributed by atoms with Crippen molar-refractivity contribution in [3.63, 3.8) is 0 Å². The molecule has 0 bridgehead atoms. The molecule has 0 spiro atoms. The Morgan fingerprint density at radius 3 is 2.63 bits per heavy atom. The highest BCUT2D eigenvalue weighted by Gasteiger charge is 2.24. The Balaban J connectivity index is 2.44. The van der Waals surface area contributed by atoms with Crippen molar-refractivity contribution in [2.45, 2.75) is 50.5 Å². The first kappa shape index (κ1) is 16.5. The summed E-state index contributed by atoms with van der Waals surface area (Å²) in [7, 11) is 1.94. The minimum absolute atomic E-state index is 0.0950. The van der Waals surface area contributed by atoms with Gasteiger partial charge in [0.25, 0.3) is 0 Å². The van der Waals surface area contributed by atoms with Crippen LogP contribution in [0.3, 0.4) is 0 Å². The minimum Gasteiger partial charge on any atom is -0.394 e. The highest BCUT2D eigenvalue weighted by Crippen LogP contribution is 2.26. The van der Waals surface area contributed by atoms with Crippen LogP contribution in [0.2, 0.25) is 0 Å². The summed E-state index contributed by atoms with van der Waals surface area (Å²) in [6, 6.07) is 6.61. The van der Waals surface area contributed by atoms with Gasteiger partial charge in [-0.2, -0.15) is 0 Å². The average molecular weight is 281 g/mol. The highest BCUT2D eigenvalue weighted by atomic mass is 32.2. The van der Waals surface area contributed by atoms with E-state index in [4.69, 9.17) is 0 Å². The number of benzene rings is 1. The first-order valence-electron chi connectivity index (χ1n) is 7.06. The van der Waals surface area contributed by atoms with Crippen LogP contribution < -0.4 is 5.32 Å². The first-order chi connectivity index (χ1) is 9.06. The summed E-state index contributed by atoms with van der Waals surface area (Å²) >= 11 is 1.92. The lowest BCUT2D eigenvalue weighted by Crippen LogP contribution is -2.45.